The highest BCUT2D eigenvalue weighted by Crippen LogP contribution is 2.21. The van der Waals surface area contributed by atoms with E-state index in [-0.39, 0.29) is 10.3 Å². The maximum atomic E-state index is 13.1. The number of nitrogens with one attached hydrogen (secondary N) is 1. The van der Waals surface area contributed by atoms with Crippen LogP contribution < -0.4 is 4.72 Å². The first-order valence-electron chi connectivity index (χ1n) is 6.57. The average Bonchev–Trinajstić information content (AvgIpc) is 2.83. The molecule has 1 aliphatic rings. The van der Waals surface area contributed by atoms with Crippen LogP contribution in [-0.2, 0) is 16.6 Å². The normalized spacial score (nSPS) is 20.4. The Kier molecular flexibility index (Phi) is 5.01. The maximum absolute atomic E-state index is 13.1. The monoisotopic (exact) mass is 320 g/mol. The lowest BCUT2D eigenvalue weighted by Gasteiger charge is -2.16. The van der Waals surface area contributed by atoms with Crippen molar-refractivity contribution in [2.45, 2.75) is 25.1 Å². The third kappa shape index (κ3) is 3.69. The Morgan fingerprint density at radius 2 is 2.25 bits per heavy atom. The molecule has 1 unspecified atom stereocenters. The van der Waals surface area contributed by atoms with Gasteiger partial charge in [-0.15, -0.1) is 0 Å². The standard InChI is InChI=1S/C13H18ClFN2O2S/c1-2-16-20(18,19)11-5-6-17(9-11)8-10-3-4-13(15)12(14)7-10/h3-4,7,11,16H,2,5-6,8-9H2,1H3. The van der Waals surface area contributed by atoms with Crippen molar-refractivity contribution in [1.29, 1.82) is 0 Å². The van der Waals surface area contributed by atoms with E-state index in [1.165, 1.54) is 6.07 Å². The van der Waals surface area contributed by atoms with Crippen molar-refractivity contribution in [3.63, 3.8) is 0 Å². The lowest BCUT2D eigenvalue weighted by Crippen LogP contribution is -2.36. The molecule has 1 fully saturated rings. The van der Waals surface area contributed by atoms with E-state index in [1.807, 2.05) is 4.90 Å². The minimum Gasteiger partial charge on any atom is -0.298 e. The van der Waals surface area contributed by atoms with Crippen molar-refractivity contribution in [3.05, 3.63) is 34.6 Å². The second kappa shape index (κ2) is 6.39. The van der Waals surface area contributed by atoms with Gasteiger partial charge in [0.05, 0.1) is 10.3 Å². The van der Waals surface area contributed by atoms with Gasteiger partial charge < -0.3 is 0 Å². The van der Waals surface area contributed by atoms with Crippen molar-refractivity contribution in [1.82, 2.24) is 9.62 Å². The van der Waals surface area contributed by atoms with Crippen LogP contribution >= 0.6 is 11.6 Å². The van der Waals surface area contributed by atoms with Gasteiger partial charge in [-0.1, -0.05) is 24.6 Å². The molecule has 0 amide bonds. The summed E-state index contributed by atoms with van der Waals surface area (Å²) in [6.45, 7) is 3.96. The molecule has 1 saturated heterocycles. The molecule has 1 N–H and O–H groups in total. The van der Waals surface area contributed by atoms with Crippen molar-refractivity contribution in [2.75, 3.05) is 19.6 Å². The molecule has 1 atom stereocenters. The van der Waals surface area contributed by atoms with E-state index in [9.17, 15) is 12.8 Å². The van der Waals surface area contributed by atoms with E-state index < -0.39 is 15.8 Å². The number of rotatable bonds is 5. The zero-order chi connectivity index (χ0) is 14.8. The number of benzene rings is 1. The number of likely N-dealkylation sites (tertiary alicyclic amines) is 1. The summed E-state index contributed by atoms with van der Waals surface area (Å²) in [7, 11) is -3.23. The van der Waals surface area contributed by atoms with Gasteiger partial charge >= 0.3 is 0 Å². The molecule has 2 rings (SSSR count). The summed E-state index contributed by atoms with van der Waals surface area (Å²) in [6, 6.07) is 4.59. The van der Waals surface area contributed by atoms with Crippen LogP contribution in [0.5, 0.6) is 0 Å². The minimum absolute atomic E-state index is 0.0959. The van der Waals surface area contributed by atoms with Crippen LogP contribution in [0, 0.1) is 5.82 Å². The van der Waals surface area contributed by atoms with Gasteiger partial charge in [0.25, 0.3) is 0 Å². The van der Waals surface area contributed by atoms with Crippen molar-refractivity contribution >= 4 is 21.6 Å². The summed E-state index contributed by atoms with van der Waals surface area (Å²) in [5, 5.41) is -0.281. The van der Waals surface area contributed by atoms with Crippen LogP contribution in [0.3, 0.4) is 0 Å². The van der Waals surface area contributed by atoms with E-state index in [0.29, 0.717) is 32.6 Å². The molecule has 1 aromatic rings. The van der Waals surface area contributed by atoms with Gasteiger partial charge in [0.2, 0.25) is 10.0 Å². The van der Waals surface area contributed by atoms with Gasteiger partial charge in [-0.2, -0.15) is 0 Å². The van der Waals surface area contributed by atoms with Crippen LogP contribution in [-0.4, -0.2) is 38.2 Å². The molecule has 0 spiro atoms. The Labute approximate surface area is 124 Å². The molecule has 0 bridgehead atoms. The lowest BCUT2D eigenvalue weighted by molar-refractivity contribution is 0.331. The fourth-order valence-corrected chi connectivity index (χ4v) is 4.07. The summed E-state index contributed by atoms with van der Waals surface area (Å²) in [4.78, 5) is 2.04. The van der Waals surface area contributed by atoms with Crippen LogP contribution in [0.4, 0.5) is 4.39 Å². The molecule has 1 aliphatic heterocycles. The summed E-state index contributed by atoms with van der Waals surface area (Å²) in [5.41, 5.74) is 0.887. The van der Waals surface area contributed by atoms with E-state index in [1.54, 1.807) is 19.1 Å². The Morgan fingerprint density at radius 1 is 1.50 bits per heavy atom. The molecule has 4 nitrogen and oxygen atoms in total. The summed E-state index contributed by atoms with van der Waals surface area (Å²) < 4.78 is 39.5. The highest BCUT2D eigenvalue weighted by atomic mass is 35.5. The first kappa shape index (κ1) is 15.7. The first-order valence-corrected chi connectivity index (χ1v) is 8.49. The quantitative estimate of drug-likeness (QED) is 0.902. The van der Waals surface area contributed by atoms with Gasteiger partial charge in [-0.3, -0.25) is 4.90 Å². The molecule has 7 heteroatoms. The minimum atomic E-state index is -3.23. The second-order valence-electron chi connectivity index (χ2n) is 4.94. The van der Waals surface area contributed by atoms with Gasteiger partial charge in [-0.25, -0.2) is 17.5 Å². The third-order valence-electron chi connectivity index (χ3n) is 3.40. The first-order chi connectivity index (χ1) is 9.42. The van der Waals surface area contributed by atoms with Crippen LogP contribution in [0.1, 0.15) is 18.9 Å². The Bertz CT molecular complexity index is 580. The van der Waals surface area contributed by atoms with Crippen LogP contribution in [0.25, 0.3) is 0 Å². The summed E-state index contributed by atoms with van der Waals surface area (Å²) in [5.74, 6) is -0.440. The molecule has 20 heavy (non-hydrogen) atoms. The lowest BCUT2D eigenvalue weighted by atomic mass is 10.2. The SMILES string of the molecule is CCNS(=O)(=O)C1CCN(Cc2ccc(F)c(Cl)c2)C1. The number of hydrogen-bond donors (Lipinski definition) is 1. The maximum Gasteiger partial charge on any atom is 0.215 e. The Morgan fingerprint density at radius 3 is 2.90 bits per heavy atom. The third-order valence-corrected chi connectivity index (χ3v) is 5.65. The molecule has 1 aromatic carbocycles. The topological polar surface area (TPSA) is 49.4 Å². The van der Waals surface area contributed by atoms with E-state index in [0.717, 1.165) is 5.56 Å². The molecular weight excluding hydrogens is 303 g/mol. The molecule has 0 aromatic heterocycles. The second-order valence-corrected chi connectivity index (χ2v) is 7.39. The smallest absolute Gasteiger partial charge is 0.215 e. The van der Waals surface area contributed by atoms with Gasteiger partial charge in [0, 0.05) is 19.6 Å². The van der Waals surface area contributed by atoms with E-state index in [4.69, 9.17) is 11.6 Å². The van der Waals surface area contributed by atoms with Gasteiger partial charge in [-0.05, 0) is 30.7 Å². The van der Waals surface area contributed by atoms with Gasteiger partial charge in [0.1, 0.15) is 5.82 Å². The van der Waals surface area contributed by atoms with Gasteiger partial charge in [0.15, 0.2) is 0 Å². The van der Waals surface area contributed by atoms with Crippen molar-refractivity contribution in [2.24, 2.45) is 0 Å². The Balaban J connectivity index is 1.98. The van der Waals surface area contributed by atoms with E-state index >= 15 is 0 Å². The fraction of sp³-hybridized carbons (Fsp3) is 0.538. The molecule has 0 radical (unpaired) electrons. The number of sulfonamides is 1. The zero-order valence-electron chi connectivity index (χ0n) is 11.3. The van der Waals surface area contributed by atoms with Crippen molar-refractivity contribution in [3.8, 4) is 0 Å². The highest BCUT2D eigenvalue weighted by Gasteiger charge is 2.32. The average molecular weight is 321 g/mol. The van der Waals surface area contributed by atoms with Crippen LogP contribution in [0.15, 0.2) is 18.2 Å². The predicted molar refractivity (Wildman–Crippen MR) is 77.7 cm³/mol. The summed E-state index contributed by atoms with van der Waals surface area (Å²) >= 11 is 5.74. The summed E-state index contributed by atoms with van der Waals surface area (Å²) in [6.07, 6.45) is 0.615. The molecule has 0 saturated carbocycles. The fourth-order valence-electron chi connectivity index (χ4n) is 2.41. The zero-order valence-corrected chi connectivity index (χ0v) is 12.8. The highest BCUT2D eigenvalue weighted by molar-refractivity contribution is 7.90. The number of nitrogens with zero attached hydrogens (tertiary/aromatic N) is 1. The number of halogens is 2. The Hall–Kier alpha value is -0.690. The number of hydrogen-bond acceptors (Lipinski definition) is 3. The molecule has 112 valence electrons. The molecular formula is C13H18ClFN2O2S. The van der Waals surface area contributed by atoms with Crippen molar-refractivity contribution < 1.29 is 12.8 Å². The molecule has 1 heterocycles. The van der Waals surface area contributed by atoms with E-state index in [2.05, 4.69) is 4.72 Å². The molecule has 0 aliphatic carbocycles. The largest absolute Gasteiger partial charge is 0.298 e. The van der Waals surface area contributed by atoms with Crippen LogP contribution in [0.2, 0.25) is 5.02 Å². The predicted octanol–water partition coefficient (Wildman–Crippen LogP) is 1.99.